The van der Waals surface area contributed by atoms with Crippen LogP contribution in [0.5, 0.6) is 0 Å². The summed E-state index contributed by atoms with van der Waals surface area (Å²) in [5.41, 5.74) is 0. The fourth-order valence-corrected chi connectivity index (χ4v) is 3.94. The van der Waals surface area contributed by atoms with Crippen LogP contribution in [0.1, 0.15) is 45.4 Å². The number of rotatable bonds is 8. The normalized spacial score (nSPS) is 15.0. The average Bonchev–Trinajstić information content (AvgIpc) is 2.63. The Kier molecular flexibility index (Phi) is 8.25. The molecule has 0 radical (unpaired) electrons. The molecule has 0 N–H and O–H groups in total. The molecule has 0 saturated heterocycles. The third-order valence-corrected chi connectivity index (χ3v) is 5.44. The van der Waals surface area contributed by atoms with Gasteiger partial charge in [0.25, 0.3) is 5.91 Å². The van der Waals surface area contributed by atoms with Crippen LogP contribution in [0.15, 0.2) is 29.2 Å². The fraction of sp³-hybridized carbons (Fsp3) is 0.579. The Balaban J connectivity index is 1.67. The van der Waals surface area contributed by atoms with Gasteiger partial charge in [-0.2, -0.15) is 0 Å². The molecular weight excluding hydrogens is 341 g/mol. The molecule has 1 aromatic rings. The van der Waals surface area contributed by atoms with Crippen LogP contribution in [0.3, 0.4) is 0 Å². The summed E-state index contributed by atoms with van der Waals surface area (Å²) in [7, 11) is 0. The molecule has 1 aromatic carbocycles. The number of nitrogens with zero attached hydrogens (tertiary/aromatic N) is 1. The number of halogens is 1. The first-order valence-corrected chi connectivity index (χ1v) is 9.92. The van der Waals surface area contributed by atoms with E-state index in [4.69, 9.17) is 4.74 Å². The largest absolute Gasteiger partial charge is 0.456 e. The lowest BCUT2D eigenvalue weighted by Gasteiger charge is -2.33. The number of amides is 1. The Hall–Kier alpha value is -1.56. The molecule has 0 aromatic heterocycles. The van der Waals surface area contributed by atoms with Crippen molar-refractivity contribution in [1.82, 2.24) is 4.90 Å². The highest BCUT2D eigenvalue weighted by atomic mass is 32.2. The molecule has 0 spiro atoms. The van der Waals surface area contributed by atoms with Crippen molar-refractivity contribution in [2.45, 2.75) is 56.4 Å². The second kappa shape index (κ2) is 10.4. The van der Waals surface area contributed by atoms with Crippen LogP contribution in [0, 0.1) is 5.82 Å². The summed E-state index contributed by atoms with van der Waals surface area (Å²) in [6.07, 6.45) is 5.88. The molecule has 4 nitrogen and oxygen atoms in total. The smallest absolute Gasteiger partial charge is 0.307 e. The van der Waals surface area contributed by atoms with E-state index in [-0.39, 0.29) is 30.7 Å². The summed E-state index contributed by atoms with van der Waals surface area (Å²) < 4.78 is 18.0. The van der Waals surface area contributed by atoms with Crippen LogP contribution in [0.2, 0.25) is 0 Å². The molecule has 0 heterocycles. The minimum absolute atomic E-state index is 0.103. The van der Waals surface area contributed by atoms with E-state index < -0.39 is 0 Å². The molecule has 0 unspecified atom stereocenters. The van der Waals surface area contributed by atoms with Crippen LogP contribution >= 0.6 is 11.8 Å². The Morgan fingerprint density at radius 2 is 1.88 bits per heavy atom. The maximum absolute atomic E-state index is 12.8. The number of carbonyl (C=O) groups excluding carboxylic acids is 2. The Bertz CT molecular complexity index is 558. The van der Waals surface area contributed by atoms with Crippen LogP contribution < -0.4 is 0 Å². The third-order valence-electron chi connectivity index (χ3n) is 4.42. The van der Waals surface area contributed by atoms with Crippen molar-refractivity contribution in [2.24, 2.45) is 0 Å². The van der Waals surface area contributed by atoms with Gasteiger partial charge in [0.15, 0.2) is 6.61 Å². The molecule has 1 aliphatic carbocycles. The molecule has 138 valence electrons. The quantitative estimate of drug-likeness (QED) is 0.514. The maximum atomic E-state index is 12.8. The van der Waals surface area contributed by atoms with E-state index in [1.165, 1.54) is 30.3 Å². The summed E-state index contributed by atoms with van der Waals surface area (Å²) in [5, 5.41) is 0. The van der Waals surface area contributed by atoms with E-state index in [0.29, 0.717) is 18.3 Å². The lowest BCUT2D eigenvalue weighted by atomic mass is 9.94. The lowest BCUT2D eigenvalue weighted by molar-refractivity contribution is -0.152. The molecule has 0 aliphatic heterocycles. The van der Waals surface area contributed by atoms with Crippen molar-refractivity contribution >= 4 is 23.6 Å². The van der Waals surface area contributed by atoms with Gasteiger partial charge in [0, 0.05) is 23.2 Å². The van der Waals surface area contributed by atoms with Crippen molar-refractivity contribution in [3.05, 3.63) is 30.1 Å². The number of esters is 1. The Labute approximate surface area is 153 Å². The third kappa shape index (κ3) is 6.69. The zero-order valence-corrected chi connectivity index (χ0v) is 15.5. The van der Waals surface area contributed by atoms with Crippen molar-refractivity contribution in [1.29, 1.82) is 0 Å². The van der Waals surface area contributed by atoms with Gasteiger partial charge in [-0.15, -0.1) is 11.8 Å². The Morgan fingerprint density at radius 1 is 1.20 bits per heavy atom. The van der Waals surface area contributed by atoms with Gasteiger partial charge in [-0.1, -0.05) is 19.3 Å². The minimum Gasteiger partial charge on any atom is -0.456 e. The fourth-order valence-electron chi connectivity index (χ4n) is 3.11. The second-order valence-electron chi connectivity index (χ2n) is 6.18. The number of hydrogen-bond donors (Lipinski definition) is 0. The predicted molar refractivity (Wildman–Crippen MR) is 97.0 cm³/mol. The number of likely N-dealkylation sites (N-methyl/N-ethyl adjacent to an activating group) is 1. The van der Waals surface area contributed by atoms with Crippen LogP contribution in [-0.2, 0) is 14.3 Å². The molecule has 0 bridgehead atoms. The van der Waals surface area contributed by atoms with Crippen LogP contribution in [-0.4, -0.2) is 41.7 Å². The summed E-state index contributed by atoms with van der Waals surface area (Å²) in [6, 6.07) is 6.43. The van der Waals surface area contributed by atoms with E-state index in [0.717, 1.165) is 30.6 Å². The zero-order valence-electron chi connectivity index (χ0n) is 14.7. The van der Waals surface area contributed by atoms with E-state index in [9.17, 15) is 14.0 Å². The van der Waals surface area contributed by atoms with Crippen molar-refractivity contribution < 1.29 is 18.7 Å². The van der Waals surface area contributed by atoms with Gasteiger partial charge in [-0.3, -0.25) is 9.59 Å². The van der Waals surface area contributed by atoms with E-state index in [2.05, 4.69) is 0 Å². The number of thioether (sulfide) groups is 1. The first-order valence-electron chi connectivity index (χ1n) is 8.93. The van der Waals surface area contributed by atoms with Gasteiger partial charge in [0.05, 0.1) is 6.42 Å². The molecule has 1 fully saturated rings. The number of carbonyl (C=O) groups is 2. The van der Waals surface area contributed by atoms with E-state index >= 15 is 0 Å². The van der Waals surface area contributed by atoms with Crippen molar-refractivity contribution in [3.8, 4) is 0 Å². The highest BCUT2D eigenvalue weighted by molar-refractivity contribution is 7.99. The second-order valence-corrected chi connectivity index (χ2v) is 7.35. The van der Waals surface area contributed by atoms with Crippen molar-refractivity contribution in [2.75, 3.05) is 18.9 Å². The first-order chi connectivity index (χ1) is 12.1. The van der Waals surface area contributed by atoms with Gasteiger partial charge in [-0.05, 0) is 44.0 Å². The maximum Gasteiger partial charge on any atom is 0.307 e. The summed E-state index contributed by atoms with van der Waals surface area (Å²) >= 11 is 1.46. The lowest BCUT2D eigenvalue weighted by Crippen LogP contribution is -2.43. The monoisotopic (exact) mass is 367 g/mol. The predicted octanol–water partition coefficient (Wildman–Crippen LogP) is 4.03. The van der Waals surface area contributed by atoms with Crippen LogP contribution in [0.4, 0.5) is 4.39 Å². The molecule has 1 aliphatic rings. The first kappa shape index (κ1) is 19.8. The number of ether oxygens (including phenoxy) is 1. The summed E-state index contributed by atoms with van der Waals surface area (Å²) in [4.78, 5) is 26.9. The van der Waals surface area contributed by atoms with Gasteiger partial charge in [-0.25, -0.2) is 4.39 Å². The Morgan fingerprint density at radius 3 is 2.52 bits per heavy atom. The van der Waals surface area contributed by atoms with Gasteiger partial charge in [0.2, 0.25) is 0 Å². The number of hydrogen-bond acceptors (Lipinski definition) is 4. The van der Waals surface area contributed by atoms with Gasteiger partial charge in [0.1, 0.15) is 5.82 Å². The van der Waals surface area contributed by atoms with Gasteiger partial charge >= 0.3 is 5.97 Å². The van der Waals surface area contributed by atoms with E-state index in [1.54, 1.807) is 12.1 Å². The molecule has 1 saturated carbocycles. The minimum atomic E-state index is -0.373. The molecule has 6 heteroatoms. The molecule has 2 rings (SSSR count). The molecule has 0 atom stereocenters. The topological polar surface area (TPSA) is 46.6 Å². The molecular formula is C19H26FNO3S. The molecule has 25 heavy (non-hydrogen) atoms. The summed E-state index contributed by atoms with van der Waals surface area (Å²) in [6.45, 7) is 2.44. The van der Waals surface area contributed by atoms with Gasteiger partial charge < -0.3 is 9.64 Å². The molecule has 1 amide bonds. The average molecular weight is 367 g/mol. The van der Waals surface area contributed by atoms with Crippen molar-refractivity contribution in [3.63, 3.8) is 0 Å². The highest BCUT2D eigenvalue weighted by Crippen LogP contribution is 2.23. The standard InChI is InChI=1S/C19H26FNO3S/c1-2-21(16-6-4-3-5-7-16)18(22)14-24-19(23)12-13-25-17-10-8-15(20)9-11-17/h8-11,16H,2-7,12-14H2,1H3. The van der Waals surface area contributed by atoms with Crippen LogP contribution in [0.25, 0.3) is 0 Å². The highest BCUT2D eigenvalue weighted by Gasteiger charge is 2.24. The SMILES string of the molecule is CCN(C(=O)COC(=O)CCSc1ccc(F)cc1)C1CCCCC1. The van der Waals surface area contributed by atoms with E-state index in [1.807, 2.05) is 11.8 Å². The number of benzene rings is 1. The summed E-state index contributed by atoms with van der Waals surface area (Å²) in [5.74, 6) is -0.212. The zero-order chi connectivity index (χ0) is 18.1.